The predicted octanol–water partition coefficient (Wildman–Crippen LogP) is 4.07. The molecule has 5 rings (SSSR count). The van der Waals surface area contributed by atoms with Crippen LogP contribution in [-0.2, 0) is 22.9 Å². The summed E-state index contributed by atoms with van der Waals surface area (Å²) in [6.45, 7) is -0.558. The lowest BCUT2D eigenvalue weighted by Gasteiger charge is -2.22. The molecule has 1 unspecified atom stereocenters. The molecule has 160 valence electrons. The van der Waals surface area contributed by atoms with E-state index in [0.717, 1.165) is 30.3 Å². The van der Waals surface area contributed by atoms with E-state index < -0.39 is 40.6 Å². The Kier molecular flexibility index (Phi) is 3.83. The number of furan rings is 1. The molecule has 0 aliphatic carbocycles. The second-order valence-electron chi connectivity index (χ2n) is 7.35. The fraction of sp³-hybridized carbons (Fsp3) is 0.190. The molecule has 0 saturated carbocycles. The number of rotatable bonds is 2. The van der Waals surface area contributed by atoms with Crippen molar-refractivity contribution in [1.82, 2.24) is 0 Å². The van der Waals surface area contributed by atoms with E-state index in [0.29, 0.717) is 0 Å². The molecule has 0 bridgehead atoms. The summed E-state index contributed by atoms with van der Waals surface area (Å²) in [4.78, 5) is 14.8. The lowest BCUT2D eigenvalue weighted by atomic mass is 9.77. The average molecular weight is 435 g/mol. The number of carbonyl (C=O) groups is 1. The molecular formula is C21H13F4NO5. The van der Waals surface area contributed by atoms with Gasteiger partial charge in [-0.1, -0.05) is 0 Å². The third kappa shape index (κ3) is 2.67. The molecular weight excluding hydrogens is 422 g/mol. The Labute approximate surface area is 171 Å². The monoisotopic (exact) mass is 435 g/mol. The van der Waals surface area contributed by atoms with Crippen molar-refractivity contribution in [2.75, 3.05) is 11.5 Å². The van der Waals surface area contributed by atoms with Crippen molar-refractivity contribution >= 4 is 11.6 Å². The molecule has 1 spiro atoms. The Balaban J connectivity index is 1.63. The number of ether oxygens (including phenoxy) is 1. The van der Waals surface area contributed by atoms with Gasteiger partial charge in [-0.05, 0) is 36.4 Å². The number of fused-ring (bicyclic) bond motifs is 4. The van der Waals surface area contributed by atoms with E-state index in [1.54, 1.807) is 0 Å². The molecule has 31 heavy (non-hydrogen) atoms. The first-order chi connectivity index (χ1) is 14.6. The number of halogens is 4. The van der Waals surface area contributed by atoms with Gasteiger partial charge in [0.15, 0.2) is 11.5 Å². The standard InChI is InChI=1S/C21H13F4NO5/c22-10-1-3-14-12(5-10)20(9-30-17-7-16(28)15(27)6-13(17)20)19(29)26(14)8-11-2-4-18(31-11)21(23,24)25/h1-7,27-28H,8-9H2. The summed E-state index contributed by atoms with van der Waals surface area (Å²) in [5, 5.41) is 19.7. The lowest BCUT2D eigenvalue weighted by Crippen LogP contribution is -2.42. The molecule has 3 aromatic rings. The Bertz CT molecular complexity index is 1230. The molecule has 2 aliphatic rings. The molecule has 3 heterocycles. The molecule has 1 amide bonds. The molecule has 0 saturated heterocycles. The van der Waals surface area contributed by atoms with Crippen LogP contribution in [0.2, 0.25) is 0 Å². The van der Waals surface area contributed by atoms with Gasteiger partial charge in [0.25, 0.3) is 0 Å². The van der Waals surface area contributed by atoms with Gasteiger partial charge in [0.05, 0.1) is 6.54 Å². The first-order valence-corrected chi connectivity index (χ1v) is 9.08. The maximum Gasteiger partial charge on any atom is 0.449 e. The minimum atomic E-state index is -4.67. The summed E-state index contributed by atoms with van der Waals surface area (Å²) in [6, 6.07) is 7.84. The highest BCUT2D eigenvalue weighted by Crippen LogP contribution is 2.54. The average Bonchev–Trinajstić information content (AvgIpc) is 3.37. The van der Waals surface area contributed by atoms with Gasteiger partial charge in [0, 0.05) is 22.9 Å². The van der Waals surface area contributed by atoms with Crippen molar-refractivity contribution in [3.05, 3.63) is 70.9 Å². The summed E-state index contributed by atoms with van der Waals surface area (Å²) in [5.74, 6) is -3.32. The van der Waals surface area contributed by atoms with Gasteiger partial charge in [-0.3, -0.25) is 4.79 Å². The van der Waals surface area contributed by atoms with Gasteiger partial charge in [0.1, 0.15) is 29.3 Å². The topological polar surface area (TPSA) is 83.1 Å². The van der Waals surface area contributed by atoms with E-state index in [4.69, 9.17) is 9.15 Å². The normalized spacial score (nSPS) is 19.6. The van der Waals surface area contributed by atoms with Crippen LogP contribution in [0.25, 0.3) is 0 Å². The highest BCUT2D eigenvalue weighted by atomic mass is 19.4. The number of nitrogens with zero attached hydrogens (tertiary/aromatic N) is 1. The second-order valence-corrected chi connectivity index (χ2v) is 7.35. The summed E-state index contributed by atoms with van der Waals surface area (Å²) >= 11 is 0. The van der Waals surface area contributed by atoms with Gasteiger partial charge >= 0.3 is 6.18 Å². The van der Waals surface area contributed by atoms with Gasteiger partial charge in [-0.15, -0.1) is 0 Å². The Morgan fingerprint density at radius 2 is 1.77 bits per heavy atom. The van der Waals surface area contributed by atoms with Gasteiger partial charge in [-0.2, -0.15) is 13.2 Å². The van der Waals surface area contributed by atoms with Crippen molar-refractivity contribution < 1.29 is 41.7 Å². The smallest absolute Gasteiger partial charge is 0.449 e. The molecule has 6 nitrogen and oxygen atoms in total. The van der Waals surface area contributed by atoms with Crippen LogP contribution in [0.4, 0.5) is 23.2 Å². The van der Waals surface area contributed by atoms with E-state index in [1.165, 1.54) is 17.0 Å². The number of amides is 1. The minimum Gasteiger partial charge on any atom is -0.504 e. The maximum absolute atomic E-state index is 14.1. The number of anilines is 1. The number of benzene rings is 2. The van der Waals surface area contributed by atoms with E-state index in [1.807, 2.05) is 0 Å². The SMILES string of the molecule is O=C1N(Cc2ccc(C(F)(F)F)o2)c2ccc(F)cc2C12COc1cc(O)c(O)cc12. The Hall–Kier alpha value is -3.69. The Morgan fingerprint density at radius 3 is 2.48 bits per heavy atom. The lowest BCUT2D eigenvalue weighted by molar-refractivity contribution is -0.153. The van der Waals surface area contributed by atoms with Crippen molar-refractivity contribution in [2.45, 2.75) is 18.1 Å². The molecule has 2 aromatic carbocycles. The summed E-state index contributed by atoms with van der Waals surface area (Å²) in [7, 11) is 0. The number of phenols is 2. The number of carbonyl (C=O) groups excluding carboxylic acids is 1. The first-order valence-electron chi connectivity index (χ1n) is 9.08. The predicted molar refractivity (Wildman–Crippen MR) is 97.3 cm³/mol. The van der Waals surface area contributed by atoms with Gasteiger partial charge < -0.3 is 24.3 Å². The Morgan fingerprint density at radius 1 is 1.03 bits per heavy atom. The van der Waals surface area contributed by atoms with E-state index in [2.05, 4.69) is 0 Å². The van der Waals surface area contributed by atoms with Crippen LogP contribution in [0.15, 0.2) is 46.9 Å². The zero-order valence-electron chi connectivity index (χ0n) is 15.5. The van der Waals surface area contributed by atoms with Crippen molar-refractivity contribution in [3.63, 3.8) is 0 Å². The summed E-state index contributed by atoms with van der Waals surface area (Å²) < 4.78 is 63.2. The fourth-order valence-corrected chi connectivity index (χ4v) is 4.14. The summed E-state index contributed by atoms with van der Waals surface area (Å²) in [5.41, 5.74) is -0.792. The molecule has 2 N–H and O–H groups in total. The number of alkyl halides is 3. The third-order valence-electron chi connectivity index (χ3n) is 5.56. The van der Waals surface area contributed by atoms with Crippen LogP contribution in [0.1, 0.15) is 22.6 Å². The first kappa shape index (κ1) is 19.3. The molecule has 1 aromatic heterocycles. The molecule has 2 aliphatic heterocycles. The molecule has 0 radical (unpaired) electrons. The van der Waals surface area contributed by atoms with Gasteiger partial charge in [0.2, 0.25) is 11.7 Å². The largest absolute Gasteiger partial charge is 0.504 e. The highest BCUT2D eigenvalue weighted by molar-refractivity contribution is 6.11. The molecule has 10 heteroatoms. The number of hydrogen-bond donors (Lipinski definition) is 2. The van der Waals surface area contributed by atoms with Crippen LogP contribution >= 0.6 is 0 Å². The van der Waals surface area contributed by atoms with Crippen LogP contribution in [0.5, 0.6) is 17.2 Å². The quantitative estimate of drug-likeness (QED) is 0.468. The number of aromatic hydroxyl groups is 2. The molecule has 1 atom stereocenters. The van der Waals surface area contributed by atoms with Crippen molar-refractivity contribution in [1.29, 1.82) is 0 Å². The number of hydrogen-bond acceptors (Lipinski definition) is 5. The van der Waals surface area contributed by atoms with E-state index in [-0.39, 0.29) is 41.5 Å². The van der Waals surface area contributed by atoms with Gasteiger partial charge in [-0.25, -0.2) is 4.39 Å². The van der Waals surface area contributed by atoms with Crippen molar-refractivity contribution in [3.8, 4) is 17.2 Å². The number of phenolic OH excluding ortho intramolecular Hbond substituents is 2. The van der Waals surface area contributed by atoms with E-state index in [9.17, 15) is 32.6 Å². The second kappa shape index (κ2) is 6.16. The zero-order valence-corrected chi connectivity index (χ0v) is 15.5. The summed E-state index contributed by atoms with van der Waals surface area (Å²) in [6.07, 6.45) is -4.67. The van der Waals surface area contributed by atoms with E-state index >= 15 is 0 Å². The molecule has 0 fully saturated rings. The minimum absolute atomic E-state index is 0.110. The maximum atomic E-state index is 14.1. The van der Waals surface area contributed by atoms with Crippen LogP contribution in [-0.4, -0.2) is 22.7 Å². The van der Waals surface area contributed by atoms with Crippen LogP contribution < -0.4 is 9.64 Å². The fourth-order valence-electron chi connectivity index (χ4n) is 4.14. The highest BCUT2D eigenvalue weighted by Gasteiger charge is 2.57. The zero-order chi connectivity index (χ0) is 22.1. The van der Waals surface area contributed by atoms with Crippen molar-refractivity contribution in [2.24, 2.45) is 0 Å². The van der Waals surface area contributed by atoms with Crippen LogP contribution in [0, 0.1) is 5.82 Å². The van der Waals surface area contributed by atoms with Crippen LogP contribution in [0.3, 0.4) is 0 Å². The third-order valence-corrected chi connectivity index (χ3v) is 5.56.